The van der Waals surface area contributed by atoms with Crippen LogP contribution in [-0.2, 0) is 6.42 Å². The third kappa shape index (κ3) is 2.74. The molecule has 2 aromatic carbocycles. The predicted molar refractivity (Wildman–Crippen MR) is 83.6 cm³/mol. The van der Waals surface area contributed by atoms with Gasteiger partial charge in [-0.05, 0) is 59.7 Å². The van der Waals surface area contributed by atoms with Gasteiger partial charge in [-0.3, -0.25) is 0 Å². The quantitative estimate of drug-likeness (QED) is 0.780. The summed E-state index contributed by atoms with van der Waals surface area (Å²) in [5, 5.41) is 18.9. The van der Waals surface area contributed by atoms with Crippen LogP contribution in [0.5, 0.6) is 11.5 Å². The second kappa shape index (κ2) is 5.62. The molecule has 1 N–H and O–H groups in total. The molecule has 0 saturated carbocycles. The van der Waals surface area contributed by atoms with Crippen LogP contribution in [0.4, 0.5) is 4.39 Å². The Morgan fingerprint density at radius 2 is 2.14 bits per heavy atom. The highest BCUT2D eigenvalue weighted by Gasteiger charge is 2.26. The smallest absolute Gasteiger partial charge is 0.131 e. The van der Waals surface area contributed by atoms with Gasteiger partial charge in [-0.15, -0.1) is 0 Å². The van der Waals surface area contributed by atoms with E-state index < -0.39 is 11.9 Å². The van der Waals surface area contributed by atoms with Crippen molar-refractivity contribution in [1.29, 1.82) is 5.26 Å². The first kappa shape index (κ1) is 14.3. The Balaban J connectivity index is 2.01. The summed E-state index contributed by atoms with van der Waals surface area (Å²) in [5.74, 6) is 0.388. The summed E-state index contributed by atoms with van der Waals surface area (Å²) in [7, 11) is 0. The molecule has 3 nitrogen and oxygen atoms in total. The van der Waals surface area contributed by atoms with Crippen LogP contribution >= 0.6 is 22.6 Å². The fourth-order valence-corrected chi connectivity index (χ4v) is 3.43. The second-order valence-electron chi connectivity index (χ2n) is 4.88. The molecule has 0 heterocycles. The van der Waals surface area contributed by atoms with Crippen molar-refractivity contribution in [2.45, 2.75) is 18.9 Å². The van der Waals surface area contributed by atoms with Gasteiger partial charge in [-0.25, -0.2) is 4.39 Å². The van der Waals surface area contributed by atoms with Gasteiger partial charge in [0.2, 0.25) is 0 Å². The summed E-state index contributed by atoms with van der Waals surface area (Å²) in [5.41, 5.74) is 2.06. The van der Waals surface area contributed by atoms with E-state index in [1.165, 1.54) is 12.1 Å². The third-order valence-electron chi connectivity index (χ3n) is 3.49. The van der Waals surface area contributed by atoms with Gasteiger partial charge in [-0.2, -0.15) is 5.26 Å². The van der Waals surface area contributed by atoms with Crippen LogP contribution in [0, 0.1) is 20.7 Å². The van der Waals surface area contributed by atoms with Crippen LogP contribution in [0.15, 0.2) is 30.3 Å². The summed E-state index contributed by atoms with van der Waals surface area (Å²) in [4.78, 5) is 0. The predicted octanol–water partition coefficient (Wildman–Crippen LogP) is 4.07. The van der Waals surface area contributed by atoms with E-state index in [0.717, 1.165) is 27.2 Å². The summed E-state index contributed by atoms with van der Waals surface area (Å²) >= 11 is 2.19. The molecule has 106 valence electrons. The van der Waals surface area contributed by atoms with Crippen molar-refractivity contribution < 1.29 is 14.2 Å². The maximum atomic E-state index is 13.4. The van der Waals surface area contributed by atoms with Crippen molar-refractivity contribution in [2.75, 3.05) is 0 Å². The number of fused-ring (bicyclic) bond motifs is 1. The lowest BCUT2D eigenvalue weighted by Gasteiger charge is -2.13. The van der Waals surface area contributed by atoms with E-state index in [0.29, 0.717) is 12.2 Å². The number of halogens is 2. The van der Waals surface area contributed by atoms with Crippen molar-refractivity contribution in [1.82, 2.24) is 0 Å². The van der Waals surface area contributed by atoms with Crippen molar-refractivity contribution in [2.24, 2.45) is 0 Å². The highest BCUT2D eigenvalue weighted by atomic mass is 127. The Kier molecular flexibility index (Phi) is 3.83. The largest absolute Gasteiger partial charge is 0.457 e. The van der Waals surface area contributed by atoms with E-state index in [1.54, 1.807) is 0 Å². The molecule has 2 aromatic rings. The minimum Gasteiger partial charge on any atom is -0.457 e. The molecular weight excluding hydrogens is 384 g/mol. The molecule has 0 amide bonds. The van der Waals surface area contributed by atoms with Gasteiger partial charge in [0.1, 0.15) is 17.3 Å². The highest BCUT2D eigenvalue weighted by Crippen LogP contribution is 2.41. The molecule has 0 saturated heterocycles. The topological polar surface area (TPSA) is 53.2 Å². The minimum atomic E-state index is -0.508. The lowest BCUT2D eigenvalue weighted by molar-refractivity contribution is 0.179. The van der Waals surface area contributed by atoms with Crippen molar-refractivity contribution in [3.63, 3.8) is 0 Å². The van der Waals surface area contributed by atoms with Gasteiger partial charge < -0.3 is 9.84 Å². The SMILES string of the molecule is N#Cc1cc(F)cc(Oc2ccc(I)c3c2CCC3O)c1. The van der Waals surface area contributed by atoms with Gasteiger partial charge in [0, 0.05) is 20.8 Å². The molecule has 0 fully saturated rings. The Morgan fingerprint density at radius 3 is 2.90 bits per heavy atom. The maximum absolute atomic E-state index is 13.4. The zero-order valence-electron chi connectivity index (χ0n) is 10.9. The van der Waals surface area contributed by atoms with Crippen LogP contribution in [0.1, 0.15) is 29.2 Å². The van der Waals surface area contributed by atoms with Gasteiger partial charge in [-0.1, -0.05) is 0 Å². The molecule has 0 aliphatic heterocycles. The van der Waals surface area contributed by atoms with Gasteiger partial charge in [0.15, 0.2) is 0 Å². The molecule has 1 aliphatic carbocycles. The molecule has 1 atom stereocenters. The van der Waals surface area contributed by atoms with Crippen LogP contribution in [0.3, 0.4) is 0 Å². The minimum absolute atomic E-state index is 0.215. The zero-order valence-corrected chi connectivity index (χ0v) is 13.1. The lowest BCUT2D eigenvalue weighted by Crippen LogP contribution is -1.97. The number of aliphatic hydroxyl groups is 1. The van der Waals surface area contributed by atoms with E-state index >= 15 is 0 Å². The standard InChI is InChI=1S/C16H11FINO2/c17-10-5-9(8-19)6-11(7-10)21-15-4-2-13(18)16-12(15)1-3-14(16)20/h2,4-7,14,20H,1,3H2. The van der Waals surface area contributed by atoms with Crippen LogP contribution in [0.25, 0.3) is 0 Å². The monoisotopic (exact) mass is 395 g/mol. The molecule has 1 aliphatic rings. The Labute approximate surface area is 135 Å². The first-order valence-corrected chi connectivity index (χ1v) is 7.54. The van der Waals surface area contributed by atoms with E-state index in [-0.39, 0.29) is 11.3 Å². The fraction of sp³-hybridized carbons (Fsp3) is 0.188. The summed E-state index contributed by atoms with van der Waals surface area (Å²) in [6, 6.07) is 9.49. The molecular formula is C16H11FINO2. The first-order valence-electron chi connectivity index (χ1n) is 6.46. The second-order valence-corrected chi connectivity index (χ2v) is 6.04. The Hall–Kier alpha value is -1.65. The van der Waals surface area contributed by atoms with Gasteiger partial charge >= 0.3 is 0 Å². The highest BCUT2D eigenvalue weighted by molar-refractivity contribution is 14.1. The third-order valence-corrected chi connectivity index (χ3v) is 4.43. The number of hydrogen-bond acceptors (Lipinski definition) is 3. The number of hydrogen-bond donors (Lipinski definition) is 1. The normalized spacial score (nSPS) is 16.4. The molecule has 0 spiro atoms. The number of nitrogens with zero attached hydrogens (tertiary/aromatic N) is 1. The average molecular weight is 395 g/mol. The molecule has 5 heteroatoms. The van der Waals surface area contributed by atoms with E-state index in [2.05, 4.69) is 22.6 Å². The van der Waals surface area contributed by atoms with E-state index in [1.807, 2.05) is 18.2 Å². The molecule has 3 rings (SSSR count). The van der Waals surface area contributed by atoms with Crippen LogP contribution in [-0.4, -0.2) is 5.11 Å². The van der Waals surface area contributed by atoms with Crippen molar-refractivity contribution in [3.8, 4) is 17.6 Å². The Morgan fingerprint density at radius 1 is 1.33 bits per heavy atom. The summed E-state index contributed by atoms with van der Waals surface area (Å²) < 4.78 is 20.2. The molecule has 0 bridgehead atoms. The van der Waals surface area contributed by atoms with Crippen LogP contribution < -0.4 is 4.74 Å². The first-order chi connectivity index (χ1) is 10.1. The molecule has 1 unspecified atom stereocenters. The number of benzene rings is 2. The summed E-state index contributed by atoms with van der Waals surface area (Å²) in [6.45, 7) is 0. The fourth-order valence-electron chi connectivity index (χ4n) is 2.57. The van der Waals surface area contributed by atoms with E-state index in [4.69, 9.17) is 10.00 Å². The van der Waals surface area contributed by atoms with Gasteiger partial charge in [0.05, 0.1) is 17.7 Å². The van der Waals surface area contributed by atoms with E-state index in [9.17, 15) is 9.50 Å². The number of aliphatic hydroxyl groups excluding tert-OH is 1. The summed E-state index contributed by atoms with van der Waals surface area (Å²) in [6.07, 6.45) is 0.916. The average Bonchev–Trinajstić information content (AvgIpc) is 2.84. The lowest BCUT2D eigenvalue weighted by atomic mass is 10.1. The van der Waals surface area contributed by atoms with Gasteiger partial charge in [0.25, 0.3) is 0 Å². The maximum Gasteiger partial charge on any atom is 0.131 e. The number of ether oxygens (including phenoxy) is 1. The zero-order chi connectivity index (χ0) is 15.0. The number of rotatable bonds is 2. The van der Waals surface area contributed by atoms with Crippen molar-refractivity contribution >= 4 is 22.6 Å². The Bertz CT molecular complexity index is 755. The van der Waals surface area contributed by atoms with Crippen LogP contribution in [0.2, 0.25) is 0 Å². The van der Waals surface area contributed by atoms with Crippen molar-refractivity contribution in [3.05, 3.63) is 56.4 Å². The molecule has 21 heavy (non-hydrogen) atoms. The number of nitriles is 1. The molecule has 0 radical (unpaired) electrons. The molecule has 0 aromatic heterocycles.